The fraction of sp³-hybridized carbons (Fsp3) is 0.370. The summed E-state index contributed by atoms with van der Waals surface area (Å²) in [5.41, 5.74) is 3.04. The van der Waals surface area contributed by atoms with E-state index >= 15 is 0 Å². The largest absolute Gasteiger partial charge is 0.496 e. The molecule has 0 aliphatic rings. The number of nitrogens with one attached hydrogen (secondary N) is 2. The fourth-order valence-corrected chi connectivity index (χ4v) is 4.60. The predicted octanol–water partition coefficient (Wildman–Crippen LogP) is 5.80. The number of aromatic nitrogens is 3. The molecule has 10 nitrogen and oxygen atoms in total. The quantitative estimate of drug-likeness (QED) is 0.242. The second kappa shape index (κ2) is 11.7. The second-order valence-corrected chi connectivity index (χ2v) is 10.5. The highest BCUT2D eigenvalue weighted by Crippen LogP contribution is 2.37. The van der Waals surface area contributed by atoms with Crippen molar-refractivity contribution in [2.24, 2.45) is 0 Å². The van der Waals surface area contributed by atoms with Gasteiger partial charge in [-0.15, -0.1) is 0 Å². The van der Waals surface area contributed by atoms with Gasteiger partial charge in [0.15, 0.2) is 11.4 Å². The van der Waals surface area contributed by atoms with Gasteiger partial charge in [-0.05, 0) is 74.5 Å². The van der Waals surface area contributed by atoms with Crippen LogP contribution >= 0.6 is 11.9 Å². The monoisotopic (exact) mass is 539 g/mol. The van der Waals surface area contributed by atoms with E-state index in [1.807, 2.05) is 45.2 Å². The zero-order chi connectivity index (χ0) is 27.3. The number of amides is 1. The van der Waals surface area contributed by atoms with Crippen LogP contribution in [0.15, 0.2) is 52.1 Å². The number of hydrogen-bond acceptors (Lipinski definition) is 9. The van der Waals surface area contributed by atoms with Gasteiger partial charge in [-0.25, -0.2) is 4.79 Å². The molecule has 0 atom stereocenters. The van der Waals surface area contributed by atoms with Gasteiger partial charge in [0.05, 0.1) is 31.9 Å². The van der Waals surface area contributed by atoms with Crippen molar-refractivity contribution in [1.82, 2.24) is 20.3 Å². The number of ether oxygens (including phenoxy) is 3. The Hall–Kier alpha value is -3.86. The van der Waals surface area contributed by atoms with Gasteiger partial charge in [-0.2, -0.15) is 5.10 Å². The number of rotatable bonds is 10. The van der Waals surface area contributed by atoms with E-state index in [0.717, 1.165) is 33.6 Å². The summed E-state index contributed by atoms with van der Waals surface area (Å²) in [6, 6.07) is 9.96. The molecule has 0 bridgehead atoms. The first-order chi connectivity index (χ1) is 18.2. The number of methoxy groups -OCH3 is 2. The van der Waals surface area contributed by atoms with E-state index < -0.39 is 11.7 Å². The fourth-order valence-electron chi connectivity index (χ4n) is 3.80. The van der Waals surface area contributed by atoms with Crippen molar-refractivity contribution in [3.8, 4) is 11.5 Å². The summed E-state index contributed by atoms with van der Waals surface area (Å²) >= 11 is 1.41. The summed E-state index contributed by atoms with van der Waals surface area (Å²) in [6.45, 7) is 8.39. The highest BCUT2D eigenvalue weighted by molar-refractivity contribution is 8.00. The lowest BCUT2D eigenvalue weighted by atomic mass is 10.1. The molecule has 11 heteroatoms. The first-order valence-corrected chi connectivity index (χ1v) is 13.0. The minimum absolute atomic E-state index is 0.317. The van der Waals surface area contributed by atoms with Gasteiger partial charge in [0.25, 0.3) is 0 Å². The third-order valence-corrected chi connectivity index (χ3v) is 6.41. The van der Waals surface area contributed by atoms with Gasteiger partial charge < -0.3 is 28.8 Å². The summed E-state index contributed by atoms with van der Waals surface area (Å²) in [5.74, 6) is 1.98. The van der Waals surface area contributed by atoms with Gasteiger partial charge >= 0.3 is 6.09 Å². The van der Waals surface area contributed by atoms with Crippen molar-refractivity contribution in [1.29, 1.82) is 0 Å². The van der Waals surface area contributed by atoms with Crippen LogP contribution in [0.3, 0.4) is 0 Å². The molecule has 2 aromatic carbocycles. The molecule has 4 rings (SSSR count). The van der Waals surface area contributed by atoms with Gasteiger partial charge in [-0.3, -0.25) is 4.68 Å². The minimum atomic E-state index is -0.548. The zero-order valence-corrected chi connectivity index (χ0v) is 23.3. The molecule has 1 amide bonds. The highest BCUT2D eigenvalue weighted by atomic mass is 32.2. The van der Waals surface area contributed by atoms with E-state index in [9.17, 15) is 4.79 Å². The third kappa shape index (κ3) is 6.71. The van der Waals surface area contributed by atoms with Crippen molar-refractivity contribution in [3.63, 3.8) is 0 Å². The molecular weight excluding hydrogens is 506 g/mol. The summed E-state index contributed by atoms with van der Waals surface area (Å²) in [4.78, 5) is 12.9. The van der Waals surface area contributed by atoms with Crippen LogP contribution in [0.2, 0.25) is 0 Å². The lowest BCUT2D eigenvalue weighted by Gasteiger charge is -2.19. The number of alkyl carbamates (subject to hydrolysis) is 1. The van der Waals surface area contributed by atoms with Crippen LogP contribution in [-0.2, 0) is 24.2 Å². The number of hydrogen-bond donors (Lipinski definition) is 2. The maximum absolute atomic E-state index is 11.9. The molecule has 0 unspecified atom stereocenters. The molecule has 2 N–H and O–H groups in total. The molecule has 38 heavy (non-hydrogen) atoms. The molecule has 0 radical (unpaired) electrons. The molecule has 0 fully saturated rings. The predicted molar refractivity (Wildman–Crippen MR) is 147 cm³/mol. The molecular formula is C27H33N5O5S. The normalized spacial score (nSPS) is 11.4. The average Bonchev–Trinajstić information content (AvgIpc) is 3.51. The van der Waals surface area contributed by atoms with Crippen LogP contribution in [-0.4, -0.2) is 40.9 Å². The second-order valence-electron chi connectivity index (χ2n) is 9.65. The van der Waals surface area contributed by atoms with Crippen LogP contribution < -0.4 is 19.5 Å². The zero-order valence-electron chi connectivity index (χ0n) is 22.5. The van der Waals surface area contributed by atoms with Crippen molar-refractivity contribution in [3.05, 3.63) is 59.4 Å². The molecule has 0 saturated heterocycles. The van der Waals surface area contributed by atoms with Crippen LogP contribution in [0.5, 0.6) is 11.5 Å². The van der Waals surface area contributed by atoms with E-state index in [2.05, 4.69) is 39.4 Å². The van der Waals surface area contributed by atoms with Crippen molar-refractivity contribution in [2.75, 3.05) is 18.9 Å². The number of anilines is 1. The van der Waals surface area contributed by atoms with E-state index in [-0.39, 0.29) is 0 Å². The van der Waals surface area contributed by atoms with Crippen molar-refractivity contribution in [2.45, 2.75) is 57.7 Å². The number of carbonyl (C=O) groups is 1. The first-order valence-electron chi connectivity index (χ1n) is 12.2. The Morgan fingerprint density at radius 1 is 1.08 bits per heavy atom. The number of carbonyl (C=O) groups excluding carboxylic acids is 1. The van der Waals surface area contributed by atoms with E-state index in [1.165, 1.54) is 17.5 Å². The molecule has 4 aromatic rings. The lowest BCUT2D eigenvalue weighted by Crippen LogP contribution is -2.32. The molecule has 0 aliphatic heterocycles. The minimum Gasteiger partial charge on any atom is -0.496 e. The van der Waals surface area contributed by atoms with Gasteiger partial charge in [0.2, 0.25) is 0 Å². The van der Waals surface area contributed by atoms with Gasteiger partial charge in [0.1, 0.15) is 22.5 Å². The summed E-state index contributed by atoms with van der Waals surface area (Å²) in [7, 11) is 3.27. The van der Waals surface area contributed by atoms with E-state index in [4.69, 9.17) is 18.7 Å². The Bertz CT molecular complexity index is 1410. The Morgan fingerprint density at radius 3 is 2.58 bits per heavy atom. The average molecular weight is 540 g/mol. The van der Waals surface area contributed by atoms with Crippen LogP contribution in [0, 0.1) is 0 Å². The molecule has 2 heterocycles. The number of aryl methyl sites for hydroxylation is 1. The van der Waals surface area contributed by atoms with Crippen molar-refractivity contribution < 1.29 is 23.5 Å². The summed E-state index contributed by atoms with van der Waals surface area (Å²) in [6.07, 6.45) is 4.04. The van der Waals surface area contributed by atoms with Gasteiger partial charge in [0, 0.05) is 18.3 Å². The maximum Gasteiger partial charge on any atom is 0.407 e. The maximum atomic E-state index is 11.9. The Labute approximate surface area is 226 Å². The Balaban J connectivity index is 1.46. The first kappa shape index (κ1) is 27.2. The molecule has 0 aliphatic carbocycles. The molecule has 202 valence electrons. The topological polar surface area (TPSA) is 113 Å². The van der Waals surface area contributed by atoms with Crippen LogP contribution in [0.4, 0.5) is 10.6 Å². The van der Waals surface area contributed by atoms with E-state index in [1.54, 1.807) is 25.1 Å². The Morgan fingerprint density at radius 2 is 1.87 bits per heavy atom. The van der Waals surface area contributed by atoms with Crippen LogP contribution in [0.25, 0.3) is 11.0 Å². The molecule has 2 aromatic heterocycles. The number of fused-ring (bicyclic) bond motifs is 1. The SMILES string of the molecule is CCc1ccc(OC)c(SNc2noc3cc(Cn4cc(CNC(=O)OC(C)(C)C)cn4)cc(OC)c23)c1. The third-order valence-electron chi connectivity index (χ3n) is 5.58. The smallest absolute Gasteiger partial charge is 0.407 e. The van der Waals surface area contributed by atoms with E-state index in [0.29, 0.717) is 30.2 Å². The lowest BCUT2D eigenvalue weighted by molar-refractivity contribution is 0.0523. The Kier molecular flexibility index (Phi) is 8.35. The summed E-state index contributed by atoms with van der Waals surface area (Å²) in [5, 5.41) is 12.1. The van der Waals surface area contributed by atoms with Crippen LogP contribution in [0.1, 0.15) is 44.4 Å². The number of benzene rings is 2. The number of nitrogens with zero attached hydrogens (tertiary/aromatic N) is 3. The standard InChI is InChI=1S/C27H33N5O5S/c1-7-17-8-9-20(34-5)23(12-17)38-31-25-24-21(35-6)10-18(11-22(24)37-30-25)15-32-16-19(14-29-32)13-28-26(33)36-27(2,3)4/h8-12,14,16H,7,13,15H2,1-6H3,(H,28,33)(H,30,31). The highest BCUT2D eigenvalue weighted by Gasteiger charge is 2.18. The summed E-state index contributed by atoms with van der Waals surface area (Å²) < 4.78 is 27.2. The van der Waals surface area contributed by atoms with Crippen molar-refractivity contribution >= 4 is 34.8 Å². The molecule has 0 saturated carbocycles. The van der Waals surface area contributed by atoms with Gasteiger partial charge in [-0.1, -0.05) is 18.1 Å². The molecule has 0 spiro atoms.